The topological polar surface area (TPSA) is 35.2 Å². The van der Waals surface area contributed by atoms with Gasteiger partial charge >= 0.3 is 0 Å². The van der Waals surface area contributed by atoms with Gasteiger partial charge in [0.1, 0.15) is 12.4 Å². The lowest BCUT2D eigenvalue weighted by Crippen LogP contribution is -2.11. The maximum absolute atomic E-state index is 6.20. The van der Waals surface area contributed by atoms with E-state index in [1.54, 1.807) is 0 Å². The zero-order valence-electron chi connectivity index (χ0n) is 11.4. The summed E-state index contributed by atoms with van der Waals surface area (Å²) in [5.74, 6) is 0.896. The Balaban J connectivity index is 2.07. The molecule has 0 aromatic heterocycles. The van der Waals surface area contributed by atoms with Crippen LogP contribution in [0.15, 0.2) is 54.6 Å². The molecule has 0 saturated heterocycles. The average molecular weight is 255 g/mol. The summed E-state index contributed by atoms with van der Waals surface area (Å²) in [7, 11) is 0. The number of para-hydroxylation sites is 1. The van der Waals surface area contributed by atoms with Crippen LogP contribution in [-0.2, 0) is 6.61 Å². The molecular weight excluding hydrogens is 234 g/mol. The second kappa shape index (κ2) is 6.95. The van der Waals surface area contributed by atoms with Gasteiger partial charge in [-0.05, 0) is 18.1 Å². The summed E-state index contributed by atoms with van der Waals surface area (Å²) in [6.45, 7) is 2.73. The molecule has 0 aliphatic carbocycles. The van der Waals surface area contributed by atoms with Gasteiger partial charge in [0.05, 0.1) is 0 Å². The molecule has 0 bridgehead atoms. The van der Waals surface area contributed by atoms with E-state index in [1.165, 1.54) is 5.56 Å². The van der Waals surface area contributed by atoms with Crippen LogP contribution in [0, 0.1) is 0 Å². The Morgan fingerprint density at radius 2 is 1.68 bits per heavy atom. The summed E-state index contributed by atoms with van der Waals surface area (Å²) in [4.78, 5) is 0. The SMILES string of the molecule is CCC[C@H](N)c1ccccc1OCc1ccccc1. The normalized spacial score (nSPS) is 12.1. The fourth-order valence-corrected chi connectivity index (χ4v) is 2.12. The van der Waals surface area contributed by atoms with Crippen LogP contribution in [0.2, 0.25) is 0 Å². The number of rotatable bonds is 6. The molecule has 2 nitrogen and oxygen atoms in total. The minimum atomic E-state index is 0.0528. The van der Waals surface area contributed by atoms with Crippen molar-refractivity contribution in [3.05, 3.63) is 65.7 Å². The molecule has 2 aromatic rings. The number of nitrogens with two attached hydrogens (primary N) is 1. The predicted molar refractivity (Wildman–Crippen MR) is 79.1 cm³/mol. The number of ether oxygens (including phenoxy) is 1. The molecule has 2 rings (SSSR count). The van der Waals surface area contributed by atoms with Crippen molar-refractivity contribution in [1.29, 1.82) is 0 Å². The van der Waals surface area contributed by atoms with Gasteiger partial charge in [-0.3, -0.25) is 0 Å². The van der Waals surface area contributed by atoms with E-state index in [1.807, 2.05) is 36.4 Å². The van der Waals surface area contributed by atoms with E-state index in [0.29, 0.717) is 6.61 Å². The van der Waals surface area contributed by atoms with Gasteiger partial charge in [0.15, 0.2) is 0 Å². The molecule has 2 heteroatoms. The van der Waals surface area contributed by atoms with Gasteiger partial charge in [-0.1, -0.05) is 61.9 Å². The van der Waals surface area contributed by atoms with Crippen molar-refractivity contribution in [2.75, 3.05) is 0 Å². The second-order valence-corrected chi connectivity index (χ2v) is 4.71. The Labute approximate surface area is 115 Å². The molecule has 0 aliphatic heterocycles. The van der Waals surface area contributed by atoms with Gasteiger partial charge in [0, 0.05) is 11.6 Å². The Morgan fingerprint density at radius 3 is 2.42 bits per heavy atom. The first kappa shape index (κ1) is 13.6. The lowest BCUT2D eigenvalue weighted by molar-refractivity contribution is 0.300. The van der Waals surface area contributed by atoms with Gasteiger partial charge in [-0.25, -0.2) is 0 Å². The van der Waals surface area contributed by atoms with E-state index in [2.05, 4.69) is 25.1 Å². The Morgan fingerprint density at radius 1 is 1.00 bits per heavy atom. The van der Waals surface area contributed by atoms with Gasteiger partial charge in [-0.15, -0.1) is 0 Å². The largest absolute Gasteiger partial charge is 0.489 e. The van der Waals surface area contributed by atoms with Crippen LogP contribution < -0.4 is 10.5 Å². The van der Waals surface area contributed by atoms with Crippen LogP contribution in [0.5, 0.6) is 5.75 Å². The molecule has 19 heavy (non-hydrogen) atoms. The molecule has 0 amide bonds. The maximum Gasteiger partial charge on any atom is 0.124 e. The first-order valence-electron chi connectivity index (χ1n) is 6.82. The quantitative estimate of drug-likeness (QED) is 0.844. The van der Waals surface area contributed by atoms with Crippen LogP contribution in [0.3, 0.4) is 0 Å². The van der Waals surface area contributed by atoms with Crippen LogP contribution in [0.4, 0.5) is 0 Å². The first-order valence-corrected chi connectivity index (χ1v) is 6.82. The third-order valence-electron chi connectivity index (χ3n) is 3.16. The monoisotopic (exact) mass is 255 g/mol. The Kier molecular flexibility index (Phi) is 4.99. The smallest absolute Gasteiger partial charge is 0.124 e. The fraction of sp³-hybridized carbons (Fsp3) is 0.294. The lowest BCUT2D eigenvalue weighted by Gasteiger charge is -2.16. The van der Waals surface area contributed by atoms with Crippen molar-refractivity contribution in [3.63, 3.8) is 0 Å². The van der Waals surface area contributed by atoms with E-state index < -0.39 is 0 Å². The molecule has 0 fully saturated rings. The second-order valence-electron chi connectivity index (χ2n) is 4.71. The summed E-state index contributed by atoms with van der Waals surface area (Å²) in [5, 5.41) is 0. The summed E-state index contributed by atoms with van der Waals surface area (Å²) in [5.41, 5.74) is 8.46. The maximum atomic E-state index is 6.20. The molecule has 0 aliphatic rings. The minimum absolute atomic E-state index is 0.0528. The van der Waals surface area contributed by atoms with E-state index in [0.717, 1.165) is 24.2 Å². The Bertz CT molecular complexity index is 496. The number of benzene rings is 2. The van der Waals surface area contributed by atoms with Gasteiger partial charge in [-0.2, -0.15) is 0 Å². The fourth-order valence-electron chi connectivity index (χ4n) is 2.12. The summed E-state index contributed by atoms with van der Waals surface area (Å²) in [6.07, 6.45) is 2.06. The van der Waals surface area contributed by atoms with Crippen molar-refractivity contribution >= 4 is 0 Å². The van der Waals surface area contributed by atoms with Crippen LogP contribution in [0.1, 0.15) is 36.9 Å². The molecule has 0 spiro atoms. The molecule has 2 aromatic carbocycles. The minimum Gasteiger partial charge on any atom is -0.489 e. The van der Waals surface area contributed by atoms with Crippen molar-refractivity contribution < 1.29 is 4.74 Å². The average Bonchev–Trinajstić information content (AvgIpc) is 2.47. The number of hydrogen-bond acceptors (Lipinski definition) is 2. The van der Waals surface area contributed by atoms with Gasteiger partial charge < -0.3 is 10.5 Å². The van der Waals surface area contributed by atoms with E-state index in [4.69, 9.17) is 10.5 Å². The molecule has 2 N–H and O–H groups in total. The first-order chi connectivity index (χ1) is 9.31. The molecular formula is C17H21NO. The number of hydrogen-bond donors (Lipinski definition) is 1. The highest BCUT2D eigenvalue weighted by molar-refractivity contribution is 5.36. The zero-order chi connectivity index (χ0) is 13.5. The molecule has 0 unspecified atom stereocenters. The predicted octanol–water partition coefficient (Wildman–Crippen LogP) is 4.07. The molecule has 1 atom stereocenters. The molecule has 0 radical (unpaired) electrons. The molecule has 100 valence electrons. The summed E-state index contributed by atoms with van der Waals surface area (Å²) in [6, 6.07) is 18.3. The van der Waals surface area contributed by atoms with Crippen LogP contribution in [0.25, 0.3) is 0 Å². The van der Waals surface area contributed by atoms with E-state index in [-0.39, 0.29) is 6.04 Å². The third-order valence-corrected chi connectivity index (χ3v) is 3.16. The lowest BCUT2D eigenvalue weighted by atomic mass is 10.0. The van der Waals surface area contributed by atoms with Gasteiger partial charge in [0.2, 0.25) is 0 Å². The van der Waals surface area contributed by atoms with Crippen LogP contribution in [-0.4, -0.2) is 0 Å². The summed E-state index contributed by atoms with van der Waals surface area (Å²) < 4.78 is 5.91. The standard InChI is InChI=1S/C17H21NO/c1-2-8-16(18)15-11-6-7-12-17(15)19-13-14-9-4-3-5-10-14/h3-7,9-12,16H,2,8,13,18H2,1H3/t16-/m0/s1. The highest BCUT2D eigenvalue weighted by Crippen LogP contribution is 2.26. The van der Waals surface area contributed by atoms with E-state index in [9.17, 15) is 0 Å². The Hall–Kier alpha value is -1.80. The van der Waals surface area contributed by atoms with Crippen LogP contribution >= 0.6 is 0 Å². The highest BCUT2D eigenvalue weighted by Gasteiger charge is 2.10. The molecule has 0 heterocycles. The van der Waals surface area contributed by atoms with Crippen molar-refractivity contribution in [2.45, 2.75) is 32.4 Å². The van der Waals surface area contributed by atoms with Crippen molar-refractivity contribution in [3.8, 4) is 5.75 Å². The van der Waals surface area contributed by atoms with Crippen molar-refractivity contribution in [1.82, 2.24) is 0 Å². The zero-order valence-corrected chi connectivity index (χ0v) is 11.4. The summed E-state index contributed by atoms with van der Waals surface area (Å²) >= 11 is 0. The van der Waals surface area contributed by atoms with Crippen molar-refractivity contribution in [2.24, 2.45) is 5.73 Å². The van der Waals surface area contributed by atoms with Gasteiger partial charge in [0.25, 0.3) is 0 Å². The third kappa shape index (κ3) is 3.83. The van der Waals surface area contributed by atoms with E-state index >= 15 is 0 Å². The highest BCUT2D eigenvalue weighted by atomic mass is 16.5. The molecule has 0 saturated carbocycles.